The number of hydrogen-bond acceptors (Lipinski definition) is 3. The van der Waals surface area contributed by atoms with E-state index in [0.29, 0.717) is 18.4 Å². The molecule has 3 nitrogen and oxygen atoms in total. The highest BCUT2D eigenvalue weighted by Gasteiger charge is 2.62. The van der Waals surface area contributed by atoms with Crippen molar-refractivity contribution in [3.8, 4) is 0 Å². The molecule has 0 spiro atoms. The molecule has 2 N–H and O–H groups in total. The first kappa shape index (κ1) is 12.2. The van der Waals surface area contributed by atoms with Gasteiger partial charge in [0.1, 0.15) is 0 Å². The van der Waals surface area contributed by atoms with Crippen molar-refractivity contribution in [1.29, 1.82) is 0 Å². The Morgan fingerprint density at radius 2 is 1.88 bits per heavy atom. The molecule has 4 heteroatoms. The number of esters is 1. The smallest absolute Gasteiger partial charge is 0.310 e. The molecule has 0 aliphatic heterocycles. The van der Waals surface area contributed by atoms with Crippen molar-refractivity contribution in [2.75, 3.05) is 6.61 Å². The standard InChI is InChI=1S/C12H19NO2.ClH/c1-2-15-12(14)10-6-3-4-7(11(10)13)9-5-8(6)9;/h6-11H,2-5,13H2,1H3;1H/t6-,7+,8?,9?,10+,11+;/m0./s1. The summed E-state index contributed by atoms with van der Waals surface area (Å²) < 4.78 is 5.15. The third-order valence-electron chi connectivity index (χ3n) is 4.75. The SMILES string of the molecule is CCOC(=O)[C@H]1[C@H](N)[C@@H]2CC[C@H]1C1CC12.Cl. The number of fused-ring (bicyclic) bond motifs is 2. The van der Waals surface area contributed by atoms with E-state index in [2.05, 4.69) is 0 Å². The van der Waals surface area contributed by atoms with Crippen LogP contribution in [0.15, 0.2) is 0 Å². The van der Waals surface area contributed by atoms with Crippen LogP contribution in [0.2, 0.25) is 0 Å². The number of hydrogen-bond donors (Lipinski definition) is 1. The summed E-state index contributed by atoms with van der Waals surface area (Å²) in [6, 6.07) is 0.0755. The third kappa shape index (κ3) is 1.56. The molecular formula is C12H20ClNO2. The maximum Gasteiger partial charge on any atom is 0.310 e. The largest absolute Gasteiger partial charge is 0.466 e. The second kappa shape index (κ2) is 4.19. The average molecular weight is 246 g/mol. The van der Waals surface area contributed by atoms with Crippen LogP contribution in [-0.2, 0) is 9.53 Å². The molecule has 0 aromatic rings. The van der Waals surface area contributed by atoms with Gasteiger partial charge in [0.2, 0.25) is 0 Å². The number of halogens is 1. The van der Waals surface area contributed by atoms with E-state index in [1.807, 2.05) is 6.92 Å². The van der Waals surface area contributed by atoms with Gasteiger partial charge in [0.15, 0.2) is 0 Å². The maximum atomic E-state index is 11.9. The van der Waals surface area contributed by atoms with Gasteiger partial charge in [-0.25, -0.2) is 0 Å². The molecule has 2 unspecified atom stereocenters. The van der Waals surface area contributed by atoms with Crippen molar-refractivity contribution in [1.82, 2.24) is 0 Å². The minimum Gasteiger partial charge on any atom is -0.466 e. The molecule has 4 saturated carbocycles. The zero-order valence-electron chi connectivity index (χ0n) is 9.59. The fourth-order valence-electron chi connectivity index (χ4n) is 4.08. The van der Waals surface area contributed by atoms with Gasteiger partial charge in [-0.05, 0) is 49.9 Å². The van der Waals surface area contributed by atoms with Gasteiger partial charge in [-0.1, -0.05) is 0 Å². The predicted molar refractivity (Wildman–Crippen MR) is 63.2 cm³/mol. The van der Waals surface area contributed by atoms with Gasteiger partial charge in [-0.15, -0.1) is 12.4 Å². The first-order valence-electron chi connectivity index (χ1n) is 6.16. The van der Waals surface area contributed by atoms with Gasteiger partial charge >= 0.3 is 5.97 Å². The van der Waals surface area contributed by atoms with E-state index in [1.165, 1.54) is 19.3 Å². The second-order valence-corrected chi connectivity index (χ2v) is 5.32. The summed E-state index contributed by atoms with van der Waals surface area (Å²) in [5.74, 6) is 2.77. The highest BCUT2D eigenvalue weighted by molar-refractivity contribution is 5.85. The van der Waals surface area contributed by atoms with Crippen LogP contribution in [-0.4, -0.2) is 18.6 Å². The molecule has 0 aromatic carbocycles. The molecule has 4 aliphatic carbocycles. The van der Waals surface area contributed by atoms with E-state index in [4.69, 9.17) is 10.5 Å². The minimum absolute atomic E-state index is 0. The quantitative estimate of drug-likeness (QED) is 0.752. The van der Waals surface area contributed by atoms with E-state index < -0.39 is 0 Å². The predicted octanol–water partition coefficient (Wildman–Crippen LogP) is 1.59. The van der Waals surface area contributed by atoms with Crippen molar-refractivity contribution in [3.63, 3.8) is 0 Å². The Labute approximate surface area is 103 Å². The van der Waals surface area contributed by atoms with Crippen molar-refractivity contribution >= 4 is 18.4 Å². The van der Waals surface area contributed by atoms with Crippen LogP contribution in [0.1, 0.15) is 26.2 Å². The molecule has 6 atom stereocenters. The number of carbonyl (C=O) groups is 1. The Balaban J connectivity index is 0.000000963. The second-order valence-electron chi connectivity index (χ2n) is 5.32. The number of ether oxygens (including phenoxy) is 1. The Morgan fingerprint density at radius 3 is 2.56 bits per heavy atom. The first-order valence-corrected chi connectivity index (χ1v) is 6.16. The Kier molecular flexibility index (Phi) is 3.19. The minimum atomic E-state index is -0.0370. The molecule has 0 radical (unpaired) electrons. The van der Waals surface area contributed by atoms with E-state index >= 15 is 0 Å². The zero-order chi connectivity index (χ0) is 10.6. The summed E-state index contributed by atoms with van der Waals surface area (Å²) in [6.07, 6.45) is 3.75. The lowest BCUT2D eigenvalue weighted by molar-refractivity contribution is -0.155. The number of carbonyl (C=O) groups excluding carboxylic acids is 1. The summed E-state index contributed by atoms with van der Waals surface area (Å²) >= 11 is 0. The molecule has 2 bridgehead atoms. The molecular weight excluding hydrogens is 226 g/mol. The molecule has 0 aromatic heterocycles. The van der Waals surface area contributed by atoms with Crippen LogP contribution < -0.4 is 5.73 Å². The highest BCUT2D eigenvalue weighted by Crippen LogP contribution is 2.63. The van der Waals surface area contributed by atoms with Crippen LogP contribution in [0.4, 0.5) is 0 Å². The van der Waals surface area contributed by atoms with Gasteiger partial charge in [0, 0.05) is 6.04 Å². The summed E-state index contributed by atoms with van der Waals surface area (Å²) in [5.41, 5.74) is 6.21. The van der Waals surface area contributed by atoms with E-state index in [9.17, 15) is 4.79 Å². The van der Waals surface area contributed by atoms with Gasteiger partial charge in [0.05, 0.1) is 12.5 Å². The molecule has 92 valence electrons. The van der Waals surface area contributed by atoms with Crippen LogP contribution >= 0.6 is 12.4 Å². The normalized spacial score (nSPS) is 47.9. The summed E-state index contributed by atoms with van der Waals surface area (Å²) in [7, 11) is 0. The molecule has 16 heavy (non-hydrogen) atoms. The van der Waals surface area contributed by atoms with Gasteiger partial charge < -0.3 is 10.5 Å². The van der Waals surface area contributed by atoms with Crippen molar-refractivity contribution in [3.05, 3.63) is 0 Å². The van der Waals surface area contributed by atoms with E-state index in [0.717, 1.165) is 11.8 Å². The summed E-state index contributed by atoms with van der Waals surface area (Å²) in [4.78, 5) is 11.9. The van der Waals surface area contributed by atoms with Crippen LogP contribution in [0, 0.1) is 29.6 Å². The lowest BCUT2D eigenvalue weighted by atomic mass is 9.62. The van der Waals surface area contributed by atoms with E-state index in [1.54, 1.807) is 0 Å². The van der Waals surface area contributed by atoms with Crippen molar-refractivity contribution in [2.24, 2.45) is 35.3 Å². The van der Waals surface area contributed by atoms with E-state index in [-0.39, 0.29) is 30.3 Å². The monoisotopic (exact) mass is 245 g/mol. The maximum absolute atomic E-state index is 11.9. The zero-order valence-corrected chi connectivity index (χ0v) is 10.4. The molecule has 4 aliphatic rings. The molecule has 4 fully saturated rings. The fourth-order valence-corrected chi connectivity index (χ4v) is 4.08. The summed E-state index contributed by atoms with van der Waals surface area (Å²) in [5, 5.41) is 0. The van der Waals surface area contributed by atoms with Gasteiger partial charge in [-0.3, -0.25) is 4.79 Å². The Hall–Kier alpha value is -0.280. The fraction of sp³-hybridized carbons (Fsp3) is 0.917. The van der Waals surface area contributed by atoms with Gasteiger partial charge in [-0.2, -0.15) is 0 Å². The van der Waals surface area contributed by atoms with Crippen LogP contribution in [0.3, 0.4) is 0 Å². The molecule has 0 amide bonds. The lowest BCUT2D eigenvalue weighted by Gasteiger charge is -2.45. The van der Waals surface area contributed by atoms with Crippen LogP contribution in [0.5, 0.6) is 0 Å². The third-order valence-corrected chi connectivity index (χ3v) is 4.75. The van der Waals surface area contributed by atoms with Gasteiger partial charge in [0.25, 0.3) is 0 Å². The Bertz CT molecular complexity index is 297. The number of rotatable bonds is 2. The Morgan fingerprint density at radius 1 is 1.25 bits per heavy atom. The molecule has 0 saturated heterocycles. The topological polar surface area (TPSA) is 52.3 Å². The average Bonchev–Trinajstić information content (AvgIpc) is 2.98. The first-order chi connectivity index (χ1) is 7.24. The summed E-state index contributed by atoms with van der Waals surface area (Å²) in [6.45, 7) is 2.35. The van der Waals surface area contributed by atoms with Crippen LogP contribution in [0.25, 0.3) is 0 Å². The lowest BCUT2D eigenvalue weighted by Crippen LogP contribution is -2.54. The molecule has 0 heterocycles. The number of nitrogens with two attached hydrogens (primary N) is 1. The van der Waals surface area contributed by atoms with Crippen molar-refractivity contribution in [2.45, 2.75) is 32.2 Å². The van der Waals surface area contributed by atoms with Crippen molar-refractivity contribution < 1.29 is 9.53 Å². The highest BCUT2D eigenvalue weighted by atomic mass is 35.5. The molecule has 4 rings (SSSR count).